The average molecular weight is 557 g/mol. The molecule has 4 aliphatic rings. The van der Waals surface area contributed by atoms with E-state index in [2.05, 4.69) is 10.6 Å². The van der Waals surface area contributed by atoms with Crippen LogP contribution < -0.4 is 25.2 Å². The molecule has 2 heterocycles. The van der Waals surface area contributed by atoms with Gasteiger partial charge in [-0.05, 0) is 77.5 Å². The molecule has 0 radical (unpaired) electrons. The van der Waals surface area contributed by atoms with Gasteiger partial charge in [-0.3, -0.25) is 14.4 Å². The highest BCUT2D eigenvalue weighted by Gasteiger charge is 2.47. The number of benzene rings is 1. The fourth-order valence-corrected chi connectivity index (χ4v) is 5.79. The Labute approximate surface area is 237 Å². The highest BCUT2D eigenvalue weighted by molar-refractivity contribution is 6.04. The van der Waals surface area contributed by atoms with Crippen LogP contribution in [0.5, 0.6) is 5.75 Å². The van der Waals surface area contributed by atoms with Gasteiger partial charge in [0.2, 0.25) is 11.8 Å². The van der Waals surface area contributed by atoms with Crippen molar-refractivity contribution in [3.63, 3.8) is 0 Å². The Hall–Kier alpha value is -2.69. The van der Waals surface area contributed by atoms with Gasteiger partial charge in [-0.2, -0.15) is 0 Å². The number of anilines is 2. The lowest BCUT2D eigenvalue weighted by atomic mass is 9.88. The van der Waals surface area contributed by atoms with Crippen LogP contribution in [0.4, 0.5) is 11.4 Å². The maximum Gasteiger partial charge on any atom is 0.270 e. The number of ether oxygens (including phenoxy) is 3. The van der Waals surface area contributed by atoms with E-state index in [1.165, 1.54) is 0 Å². The summed E-state index contributed by atoms with van der Waals surface area (Å²) in [6, 6.07) is 5.82. The van der Waals surface area contributed by atoms with Gasteiger partial charge in [0.15, 0.2) is 5.60 Å². The maximum atomic E-state index is 14.0. The van der Waals surface area contributed by atoms with Crippen molar-refractivity contribution in [1.82, 2.24) is 10.6 Å². The zero-order chi connectivity index (χ0) is 28.5. The molecular formula is C30H44N4O6. The summed E-state index contributed by atoms with van der Waals surface area (Å²) in [6.45, 7) is 8.83. The normalized spacial score (nSPS) is 24.6. The summed E-state index contributed by atoms with van der Waals surface area (Å²) in [5.41, 5.74) is 0.230. The lowest BCUT2D eigenvalue weighted by Gasteiger charge is -2.40. The zero-order valence-electron chi connectivity index (χ0n) is 24.3. The predicted molar refractivity (Wildman–Crippen MR) is 152 cm³/mol. The number of carbonyl (C=O) groups is 3. The molecule has 1 aromatic carbocycles. The van der Waals surface area contributed by atoms with Crippen LogP contribution in [0.25, 0.3) is 0 Å². The Bertz CT molecular complexity index is 1120. The van der Waals surface area contributed by atoms with E-state index >= 15 is 0 Å². The molecule has 0 spiro atoms. The molecule has 0 aromatic heterocycles. The third-order valence-electron chi connectivity index (χ3n) is 8.41. The fourth-order valence-electron chi connectivity index (χ4n) is 5.79. The van der Waals surface area contributed by atoms with Crippen LogP contribution in [0, 0.1) is 11.8 Å². The molecule has 2 aliphatic carbocycles. The Morgan fingerprint density at radius 1 is 1.20 bits per heavy atom. The molecule has 3 amide bonds. The molecular weight excluding hydrogens is 512 g/mol. The van der Waals surface area contributed by atoms with Gasteiger partial charge in [0.05, 0.1) is 29.7 Å². The fraction of sp³-hybridized carbons (Fsp3) is 0.700. The second-order valence-electron chi connectivity index (χ2n) is 12.2. The standard InChI is InChI=1S/C30H44N4O6/c1-5-39-19-30(11-12-30)32-26(35)20-15-21(18-31-17-20)27(36)34(22-7-8-22)23-9-10-25-24(16-23)33(13-6-14-38-4)28(37)29(2,3)40-25/h9-10,16,20-22,31H,5-8,11-15,17-19H2,1-4H3,(H,32,35)/t20-,21+/m0/s1. The van der Waals surface area contributed by atoms with Crippen LogP contribution in [-0.4, -0.2) is 81.5 Å². The minimum absolute atomic E-state index is 0.000989. The number of hydrogen-bond donors (Lipinski definition) is 2. The number of nitrogens with zero attached hydrogens (tertiary/aromatic N) is 2. The number of carbonyl (C=O) groups excluding carboxylic acids is 3. The first-order valence-electron chi connectivity index (χ1n) is 14.8. The van der Waals surface area contributed by atoms with E-state index in [-0.39, 0.29) is 41.1 Å². The second-order valence-corrected chi connectivity index (χ2v) is 12.2. The second kappa shape index (κ2) is 11.7. The monoisotopic (exact) mass is 556 g/mol. The molecule has 2 N–H and O–H groups in total. The van der Waals surface area contributed by atoms with E-state index in [0.717, 1.165) is 31.4 Å². The van der Waals surface area contributed by atoms with Crippen molar-refractivity contribution in [2.45, 2.75) is 76.5 Å². The van der Waals surface area contributed by atoms with Gasteiger partial charge < -0.3 is 34.6 Å². The highest BCUT2D eigenvalue weighted by Crippen LogP contribution is 2.43. The molecule has 40 heavy (non-hydrogen) atoms. The number of hydrogen-bond acceptors (Lipinski definition) is 7. The van der Waals surface area contributed by atoms with Gasteiger partial charge >= 0.3 is 0 Å². The highest BCUT2D eigenvalue weighted by atomic mass is 16.5. The zero-order valence-corrected chi connectivity index (χ0v) is 24.3. The van der Waals surface area contributed by atoms with E-state index in [1.807, 2.05) is 30.0 Å². The molecule has 10 nitrogen and oxygen atoms in total. The third kappa shape index (κ3) is 6.14. The summed E-state index contributed by atoms with van der Waals surface area (Å²) >= 11 is 0. The number of methoxy groups -OCH3 is 1. The summed E-state index contributed by atoms with van der Waals surface area (Å²) < 4.78 is 16.9. The molecule has 5 rings (SSSR count). The Morgan fingerprint density at radius 2 is 1.95 bits per heavy atom. The molecule has 0 unspecified atom stereocenters. The first-order valence-corrected chi connectivity index (χ1v) is 14.8. The molecule has 2 atom stereocenters. The Kier molecular flexibility index (Phi) is 8.40. The Balaban J connectivity index is 1.32. The van der Waals surface area contributed by atoms with Gasteiger partial charge in [0.25, 0.3) is 5.91 Å². The van der Waals surface area contributed by atoms with Crippen LogP contribution in [0.3, 0.4) is 0 Å². The predicted octanol–water partition coefficient (Wildman–Crippen LogP) is 2.63. The third-order valence-corrected chi connectivity index (χ3v) is 8.41. The van der Waals surface area contributed by atoms with Crippen LogP contribution in [0.1, 0.15) is 59.3 Å². The van der Waals surface area contributed by atoms with Crippen LogP contribution in [0.15, 0.2) is 18.2 Å². The van der Waals surface area contributed by atoms with Crippen molar-refractivity contribution in [3.8, 4) is 5.75 Å². The lowest BCUT2D eigenvalue weighted by molar-refractivity contribution is -0.132. The minimum atomic E-state index is -0.974. The van der Waals surface area contributed by atoms with Crippen LogP contribution in [0.2, 0.25) is 0 Å². The van der Waals surface area contributed by atoms with Crippen molar-refractivity contribution in [1.29, 1.82) is 0 Å². The summed E-state index contributed by atoms with van der Waals surface area (Å²) in [5.74, 6) is -0.0309. The molecule has 1 saturated heterocycles. The quantitative estimate of drug-likeness (QED) is 0.381. The van der Waals surface area contributed by atoms with Crippen molar-refractivity contribution < 1.29 is 28.6 Å². The smallest absolute Gasteiger partial charge is 0.270 e. The van der Waals surface area contributed by atoms with Gasteiger partial charge in [-0.25, -0.2) is 0 Å². The summed E-state index contributed by atoms with van der Waals surface area (Å²) in [6.07, 6.45) is 4.94. The lowest BCUT2D eigenvalue weighted by Crippen LogP contribution is -2.53. The van der Waals surface area contributed by atoms with Gasteiger partial charge in [0, 0.05) is 51.7 Å². The maximum absolute atomic E-state index is 14.0. The topological polar surface area (TPSA) is 109 Å². The average Bonchev–Trinajstić information content (AvgIpc) is 3.88. The first kappa shape index (κ1) is 28.8. The van der Waals surface area contributed by atoms with E-state index in [0.29, 0.717) is 63.7 Å². The molecule has 220 valence electrons. The van der Waals surface area contributed by atoms with Crippen molar-refractivity contribution in [2.75, 3.05) is 56.4 Å². The number of fused-ring (bicyclic) bond motifs is 1. The molecule has 2 saturated carbocycles. The number of rotatable bonds is 12. The van der Waals surface area contributed by atoms with E-state index in [9.17, 15) is 14.4 Å². The van der Waals surface area contributed by atoms with E-state index in [4.69, 9.17) is 14.2 Å². The van der Waals surface area contributed by atoms with Gasteiger partial charge in [-0.15, -0.1) is 0 Å². The summed E-state index contributed by atoms with van der Waals surface area (Å²) in [4.78, 5) is 44.1. The van der Waals surface area contributed by atoms with Crippen LogP contribution >= 0.6 is 0 Å². The molecule has 10 heteroatoms. The summed E-state index contributed by atoms with van der Waals surface area (Å²) in [5, 5.41) is 6.55. The molecule has 0 bridgehead atoms. The molecule has 3 fully saturated rings. The largest absolute Gasteiger partial charge is 0.476 e. The first-order chi connectivity index (χ1) is 19.2. The van der Waals surface area contributed by atoms with E-state index < -0.39 is 5.60 Å². The van der Waals surface area contributed by atoms with Gasteiger partial charge in [0.1, 0.15) is 5.75 Å². The van der Waals surface area contributed by atoms with Crippen LogP contribution in [-0.2, 0) is 23.9 Å². The molecule has 2 aliphatic heterocycles. The number of amides is 3. The van der Waals surface area contributed by atoms with Gasteiger partial charge in [-0.1, -0.05) is 0 Å². The van der Waals surface area contributed by atoms with Crippen molar-refractivity contribution in [3.05, 3.63) is 18.2 Å². The van der Waals surface area contributed by atoms with E-state index in [1.54, 1.807) is 25.9 Å². The van der Waals surface area contributed by atoms with Crippen molar-refractivity contribution in [2.24, 2.45) is 11.8 Å². The SMILES string of the molecule is CCOCC1(NC(=O)[C@@H]2CNC[C@H](C(=O)N(c3ccc4c(c3)N(CCCOC)C(=O)C(C)(C)O4)C3CC3)C2)CC1. The number of nitrogens with one attached hydrogen (secondary N) is 2. The molecule has 1 aromatic rings. The Morgan fingerprint density at radius 3 is 2.62 bits per heavy atom. The minimum Gasteiger partial charge on any atom is -0.476 e. The number of piperidine rings is 1. The van der Waals surface area contributed by atoms with Crippen molar-refractivity contribution >= 4 is 29.1 Å². The summed E-state index contributed by atoms with van der Waals surface area (Å²) in [7, 11) is 1.65.